The Kier molecular flexibility index (Phi) is 10.9. The van der Waals surface area contributed by atoms with Crippen LogP contribution in [-0.2, 0) is 28.9 Å². The van der Waals surface area contributed by atoms with E-state index in [4.69, 9.17) is 0 Å². The Morgan fingerprint density at radius 2 is 1.86 bits per heavy atom. The molecule has 2 aromatic rings. The van der Waals surface area contributed by atoms with Crippen LogP contribution in [0, 0.1) is 5.82 Å². The molecule has 1 heterocycles. The zero-order valence-corrected chi connectivity index (χ0v) is 21.5. The highest BCUT2D eigenvalue weighted by atomic mass is 127. The molecule has 162 valence electrons. The highest BCUT2D eigenvalue weighted by molar-refractivity contribution is 14.0. The topological polar surface area (TPSA) is 73.8 Å². The van der Waals surface area contributed by atoms with Crippen molar-refractivity contribution in [2.75, 3.05) is 27.4 Å². The third kappa shape index (κ3) is 7.39. The first-order chi connectivity index (χ1) is 13.3. The molecule has 29 heavy (non-hydrogen) atoms. The summed E-state index contributed by atoms with van der Waals surface area (Å²) in [6, 6.07) is 8.19. The highest BCUT2D eigenvalue weighted by Crippen LogP contribution is 2.23. The van der Waals surface area contributed by atoms with Gasteiger partial charge in [0.15, 0.2) is 5.96 Å². The lowest BCUT2D eigenvalue weighted by atomic mass is 10.1. The first-order valence-electron chi connectivity index (χ1n) is 8.50. The Balaban J connectivity index is 0.00000420. The molecule has 0 fully saturated rings. The number of hydrogen-bond acceptors (Lipinski definition) is 5. The number of thioether (sulfide) groups is 1. The van der Waals surface area contributed by atoms with E-state index in [9.17, 15) is 12.8 Å². The Morgan fingerprint density at radius 1 is 1.17 bits per heavy atom. The van der Waals surface area contributed by atoms with E-state index < -0.39 is 10.0 Å². The molecule has 2 rings (SSSR count). The van der Waals surface area contributed by atoms with E-state index in [1.807, 2.05) is 6.26 Å². The molecule has 0 aliphatic carbocycles. The highest BCUT2D eigenvalue weighted by Gasteiger charge is 2.19. The van der Waals surface area contributed by atoms with Crippen LogP contribution in [-0.4, -0.2) is 46.1 Å². The molecule has 1 aromatic heterocycles. The molecule has 0 radical (unpaired) electrons. The van der Waals surface area contributed by atoms with Gasteiger partial charge in [-0.2, -0.15) is 11.8 Å². The van der Waals surface area contributed by atoms with Gasteiger partial charge in [-0.3, -0.25) is 4.99 Å². The molecule has 2 N–H and O–H groups in total. The Bertz CT molecular complexity index is 933. The number of aliphatic imine (C=N–C) groups is 1. The van der Waals surface area contributed by atoms with Gasteiger partial charge >= 0.3 is 0 Å². The van der Waals surface area contributed by atoms with Crippen molar-refractivity contribution in [1.29, 1.82) is 0 Å². The first-order valence-corrected chi connectivity index (χ1v) is 12.1. The number of benzene rings is 1. The van der Waals surface area contributed by atoms with Gasteiger partial charge < -0.3 is 10.6 Å². The van der Waals surface area contributed by atoms with Crippen LogP contribution in [0.15, 0.2) is 39.5 Å². The third-order valence-electron chi connectivity index (χ3n) is 3.94. The fourth-order valence-electron chi connectivity index (χ4n) is 2.40. The molecule has 0 unspecified atom stereocenters. The van der Waals surface area contributed by atoms with E-state index in [-0.39, 0.29) is 29.8 Å². The van der Waals surface area contributed by atoms with Crippen molar-refractivity contribution >= 4 is 63.1 Å². The van der Waals surface area contributed by atoms with Crippen molar-refractivity contribution in [2.45, 2.75) is 23.1 Å². The maximum absolute atomic E-state index is 13.5. The summed E-state index contributed by atoms with van der Waals surface area (Å²) in [6.07, 6.45) is 1.98. The van der Waals surface area contributed by atoms with Gasteiger partial charge in [0.2, 0.25) is 0 Å². The second-order valence-electron chi connectivity index (χ2n) is 6.13. The Hall–Kier alpha value is -0.890. The number of hydrogen-bond donors (Lipinski definition) is 2. The number of nitrogens with one attached hydrogen (secondary N) is 2. The normalized spacial score (nSPS) is 12.0. The predicted octanol–water partition coefficient (Wildman–Crippen LogP) is 3.48. The van der Waals surface area contributed by atoms with Crippen molar-refractivity contribution in [1.82, 2.24) is 14.9 Å². The van der Waals surface area contributed by atoms with E-state index in [0.29, 0.717) is 23.3 Å². The standard InChI is InChI=1S/C18H25FN4O2S3.HI/c1-20-18(21-10-13-5-6-15(19)9-14(13)12-26-4)22-11-16-7-8-17(27-16)28(24,25)23(2)3;/h5-9H,10-12H2,1-4H3,(H2,20,21,22);1H. The lowest BCUT2D eigenvalue weighted by molar-refractivity contribution is 0.523. The largest absolute Gasteiger partial charge is 0.352 e. The van der Waals surface area contributed by atoms with E-state index in [2.05, 4.69) is 15.6 Å². The summed E-state index contributed by atoms with van der Waals surface area (Å²) in [5.74, 6) is 1.08. The van der Waals surface area contributed by atoms with Crippen molar-refractivity contribution < 1.29 is 12.8 Å². The number of halogens is 2. The first kappa shape index (κ1) is 26.1. The minimum absolute atomic E-state index is 0. The second kappa shape index (κ2) is 12.1. The van der Waals surface area contributed by atoms with Crippen LogP contribution in [0.25, 0.3) is 0 Å². The molecule has 0 spiro atoms. The zero-order valence-electron chi connectivity index (χ0n) is 16.7. The van der Waals surface area contributed by atoms with Crippen LogP contribution in [0.2, 0.25) is 0 Å². The number of sulfonamides is 1. The van der Waals surface area contributed by atoms with Gasteiger partial charge in [-0.15, -0.1) is 35.3 Å². The molecule has 0 aliphatic heterocycles. The molecule has 0 saturated heterocycles. The molecule has 0 bridgehead atoms. The Morgan fingerprint density at radius 3 is 2.48 bits per heavy atom. The lowest BCUT2D eigenvalue weighted by Gasteiger charge is -2.14. The summed E-state index contributed by atoms with van der Waals surface area (Å²) in [6.45, 7) is 0.967. The summed E-state index contributed by atoms with van der Waals surface area (Å²) < 4.78 is 39.3. The SMILES string of the molecule is CN=C(NCc1ccc(S(=O)(=O)N(C)C)s1)NCc1ccc(F)cc1CSC.I. The number of rotatable bonds is 8. The van der Waals surface area contributed by atoms with Crippen molar-refractivity contribution in [3.05, 3.63) is 52.2 Å². The second-order valence-corrected chi connectivity index (χ2v) is 10.5. The van der Waals surface area contributed by atoms with Gasteiger partial charge in [0.1, 0.15) is 10.0 Å². The van der Waals surface area contributed by atoms with Gasteiger partial charge in [0, 0.05) is 38.3 Å². The smallest absolute Gasteiger partial charge is 0.252 e. The fraction of sp³-hybridized carbons (Fsp3) is 0.389. The van der Waals surface area contributed by atoms with Crippen molar-refractivity contribution in [3.63, 3.8) is 0 Å². The lowest BCUT2D eigenvalue weighted by Crippen LogP contribution is -2.36. The van der Waals surface area contributed by atoms with Crippen LogP contribution in [0.4, 0.5) is 4.39 Å². The maximum atomic E-state index is 13.5. The molecular formula is C18H26FIN4O2S3. The van der Waals surface area contributed by atoms with Crippen molar-refractivity contribution in [2.24, 2.45) is 4.99 Å². The van der Waals surface area contributed by atoms with E-state index in [0.717, 1.165) is 21.8 Å². The number of thiophene rings is 1. The van der Waals surface area contributed by atoms with Gasteiger partial charge in [-0.25, -0.2) is 17.1 Å². The Labute approximate surface area is 197 Å². The molecular weight excluding hydrogens is 546 g/mol. The minimum Gasteiger partial charge on any atom is -0.352 e. The number of nitrogens with zero attached hydrogens (tertiary/aromatic N) is 2. The van der Waals surface area contributed by atoms with Crippen LogP contribution in [0.1, 0.15) is 16.0 Å². The van der Waals surface area contributed by atoms with Gasteiger partial charge in [-0.05, 0) is 41.6 Å². The maximum Gasteiger partial charge on any atom is 0.252 e. The third-order valence-corrected chi connectivity index (χ3v) is 7.91. The monoisotopic (exact) mass is 572 g/mol. The van der Waals surface area contributed by atoms with Crippen LogP contribution in [0.3, 0.4) is 0 Å². The average molecular weight is 573 g/mol. The summed E-state index contributed by atoms with van der Waals surface area (Å²) in [5.41, 5.74) is 1.96. The van der Waals surface area contributed by atoms with Crippen LogP contribution < -0.4 is 10.6 Å². The molecule has 0 atom stereocenters. The van der Waals surface area contributed by atoms with Crippen LogP contribution >= 0.6 is 47.1 Å². The minimum atomic E-state index is -3.41. The van der Waals surface area contributed by atoms with Crippen molar-refractivity contribution in [3.8, 4) is 0 Å². The van der Waals surface area contributed by atoms with Gasteiger partial charge in [0.05, 0.1) is 6.54 Å². The molecule has 0 amide bonds. The summed E-state index contributed by atoms with van der Waals surface area (Å²) in [7, 11) is 1.28. The van der Waals surface area contributed by atoms with Gasteiger partial charge in [-0.1, -0.05) is 6.07 Å². The van der Waals surface area contributed by atoms with E-state index in [1.54, 1.807) is 43.1 Å². The summed E-state index contributed by atoms with van der Waals surface area (Å²) in [5, 5.41) is 6.39. The zero-order chi connectivity index (χ0) is 20.7. The molecule has 0 saturated carbocycles. The average Bonchev–Trinajstić information content (AvgIpc) is 3.13. The molecule has 1 aromatic carbocycles. The molecule has 11 heteroatoms. The predicted molar refractivity (Wildman–Crippen MR) is 131 cm³/mol. The quantitative estimate of drug-likeness (QED) is 0.288. The summed E-state index contributed by atoms with van der Waals surface area (Å²) in [4.78, 5) is 5.07. The molecule has 0 aliphatic rings. The summed E-state index contributed by atoms with van der Waals surface area (Å²) >= 11 is 2.87. The number of guanidine groups is 1. The van der Waals surface area contributed by atoms with Crippen LogP contribution in [0.5, 0.6) is 0 Å². The molecule has 6 nitrogen and oxygen atoms in total. The van der Waals surface area contributed by atoms with E-state index >= 15 is 0 Å². The fourth-order valence-corrected chi connectivity index (χ4v) is 5.44. The van der Waals surface area contributed by atoms with E-state index in [1.165, 1.54) is 35.8 Å². The van der Waals surface area contributed by atoms with Gasteiger partial charge in [0.25, 0.3) is 10.0 Å².